The van der Waals surface area contributed by atoms with Crippen LogP contribution in [-0.2, 0) is 4.79 Å². The zero-order valence-corrected chi connectivity index (χ0v) is 10.5. The maximum absolute atomic E-state index is 11.6. The largest absolute Gasteiger partial charge is 0.337 e. The van der Waals surface area contributed by atoms with Gasteiger partial charge in [-0.25, -0.2) is 0 Å². The van der Waals surface area contributed by atoms with Crippen molar-refractivity contribution in [3.05, 3.63) is 17.5 Å². The van der Waals surface area contributed by atoms with Gasteiger partial charge in [-0.05, 0) is 26.8 Å². The number of amides is 1. The Morgan fingerprint density at radius 2 is 2.19 bits per heavy atom. The summed E-state index contributed by atoms with van der Waals surface area (Å²) in [7, 11) is 0. The lowest BCUT2D eigenvalue weighted by atomic mass is 10.1. The molecule has 2 rings (SSSR count). The molecular weight excluding hydrogens is 226 g/mol. The highest BCUT2D eigenvalue weighted by Gasteiger charge is 2.34. The second-order valence-electron chi connectivity index (χ2n) is 4.38. The van der Waals surface area contributed by atoms with E-state index < -0.39 is 5.38 Å². The molecule has 1 atom stereocenters. The Kier molecular flexibility index (Phi) is 2.93. The van der Waals surface area contributed by atoms with Crippen LogP contribution in [0, 0.1) is 13.8 Å². The van der Waals surface area contributed by atoms with Crippen molar-refractivity contribution in [3.63, 3.8) is 0 Å². The van der Waals surface area contributed by atoms with Gasteiger partial charge in [0, 0.05) is 18.8 Å². The van der Waals surface area contributed by atoms with E-state index >= 15 is 0 Å². The first-order chi connectivity index (χ1) is 7.49. The third kappa shape index (κ3) is 1.94. The number of aromatic nitrogens is 2. The Bertz CT molecular complexity index is 407. The molecule has 1 fully saturated rings. The number of aryl methyl sites for hydroxylation is 2. The zero-order valence-electron chi connectivity index (χ0n) is 9.77. The predicted molar refractivity (Wildman–Crippen MR) is 62.6 cm³/mol. The number of carbonyl (C=O) groups is 1. The molecule has 0 aliphatic carbocycles. The van der Waals surface area contributed by atoms with E-state index in [-0.39, 0.29) is 5.91 Å². The van der Waals surface area contributed by atoms with Gasteiger partial charge in [-0.1, -0.05) is 0 Å². The van der Waals surface area contributed by atoms with Gasteiger partial charge in [0.2, 0.25) is 5.91 Å². The Morgan fingerprint density at radius 1 is 1.56 bits per heavy atom. The van der Waals surface area contributed by atoms with Crippen LogP contribution in [-0.4, -0.2) is 39.1 Å². The van der Waals surface area contributed by atoms with Gasteiger partial charge in [-0.15, -0.1) is 11.6 Å². The Morgan fingerprint density at radius 3 is 2.62 bits per heavy atom. The van der Waals surface area contributed by atoms with E-state index in [1.807, 2.05) is 18.5 Å². The molecular formula is C11H16ClN3O. The van der Waals surface area contributed by atoms with Crippen LogP contribution in [0.2, 0.25) is 0 Å². The lowest BCUT2D eigenvalue weighted by Gasteiger charge is -2.40. The first-order valence-electron chi connectivity index (χ1n) is 5.44. The molecule has 5 heteroatoms. The Labute approximate surface area is 100 Å². The van der Waals surface area contributed by atoms with Crippen molar-refractivity contribution >= 4 is 17.5 Å². The van der Waals surface area contributed by atoms with E-state index in [0.29, 0.717) is 6.04 Å². The number of halogens is 1. The van der Waals surface area contributed by atoms with Crippen molar-refractivity contribution < 1.29 is 4.79 Å². The van der Waals surface area contributed by atoms with Gasteiger partial charge in [-0.3, -0.25) is 9.48 Å². The molecule has 1 aliphatic rings. The van der Waals surface area contributed by atoms with E-state index in [4.69, 9.17) is 11.6 Å². The molecule has 1 unspecified atom stereocenters. The first kappa shape index (κ1) is 11.5. The second-order valence-corrected chi connectivity index (χ2v) is 5.04. The Hall–Kier alpha value is -1.03. The third-order valence-corrected chi connectivity index (χ3v) is 3.09. The maximum atomic E-state index is 11.6. The summed E-state index contributed by atoms with van der Waals surface area (Å²) < 4.78 is 2.00. The molecule has 0 aromatic carbocycles. The van der Waals surface area contributed by atoms with E-state index in [1.54, 1.807) is 11.8 Å². The number of likely N-dealkylation sites (tertiary alicyclic amines) is 1. The van der Waals surface area contributed by atoms with Gasteiger partial charge in [0.05, 0.1) is 11.7 Å². The molecule has 1 amide bonds. The van der Waals surface area contributed by atoms with E-state index in [0.717, 1.165) is 24.5 Å². The van der Waals surface area contributed by atoms with Crippen LogP contribution in [0.5, 0.6) is 0 Å². The standard InChI is InChI=1S/C11H16ClN3O/c1-7-4-8(2)15(13-7)10-5-14(6-10)11(16)9(3)12/h4,9-10H,5-6H2,1-3H3. The fraction of sp³-hybridized carbons (Fsp3) is 0.636. The van der Waals surface area contributed by atoms with Crippen LogP contribution in [0.15, 0.2) is 6.07 Å². The fourth-order valence-corrected chi connectivity index (χ4v) is 2.20. The van der Waals surface area contributed by atoms with Crippen molar-refractivity contribution in [1.29, 1.82) is 0 Å². The van der Waals surface area contributed by atoms with Crippen LogP contribution in [0.1, 0.15) is 24.4 Å². The SMILES string of the molecule is Cc1cc(C)n(C2CN(C(=O)C(C)Cl)C2)n1. The van der Waals surface area contributed by atoms with Crippen LogP contribution in [0.3, 0.4) is 0 Å². The number of rotatable bonds is 2. The highest BCUT2D eigenvalue weighted by atomic mass is 35.5. The number of hydrogen-bond acceptors (Lipinski definition) is 2. The van der Waals surface area contributed by atoms with Crippen molar-refractivity contribution in [3.8, 4) is 0 Å². The summed E-state index contributed by atoms with van der Waals surface area (Å²) >= 11 is 5.75. The molecule has 1 saturated heterocycles. The summed E-state index contributed by atoms with van der Waals surface area (Å²) in [6, 6.07) is 2.36. The fourth-order valence-electron chi connectivity index (χ4n) is 2.06. The minimum absolute atomic E-state index is 0.0134. The molecule has 16 heavy (non-hydrogen) atoms. The number of alkyl halides is 1. The number of nitrogens with zero attached hydrogens (tertiary/aromatic N) is 3. The van der Waals surface area contributed by atoms with Crippen molar-refractivity contribution in [2.45, 2.75) is 32.2 Å². The molecule has 88 valence electrons. The van der Waals surface area contributed by atoms with E-state index in [2.05, 4.69) is 11.2 Å². The molecule has 4 nitrogen and oxygen atoms in total. The molecule has 0 radical (unpaired) electrons. The number of hydrogen-bond donors (Lipinski definition) is 0. The van der Waals surface area contributed by atoms with Gasteiger partial charge < -0.3 is 4.90 Å². The molecule has 1 aliphatic heterocycles. The maximum Gasteiger partial charge on any atom is 0.240 e. The van der Waals surface area contributed by atoms with Crippen LogP contribution < -0.4 is 0 Å². The molecule has 1 aromatic heterocycles. The van der Waals surface area contributed by atoms with Crippen LogP contribution in [0.25, 0.3) is 0 Å². The normalized spacial score (nSPS) is 18.4. The summed E-state index contributed by atoms with van der Waals surface area (Å²) in [6.45, 7) is 7.16. The van der Waals surface area contributed by atoms with E-state index in [9.17, 15) is 4.79 Å². The summed E-state index contributed by atoms with van der Waals surface area (Å²) in [5, 5.41) is 3.99. The summed E-state index contributed by atoms with van der Waals surface area (Å²) in [6.07, 6.45) is 0. The van der Waals surface area contributed by atoms with Crippen LogP contribution >= 0.6 is 11.6 Å². The van der Waals surface area contributed by atoms with Gasteiger partial charge in [0.25, 0.3) is 0 Å². The second kappa shape index (κ2) is 4.09. The summed E-state index contributed by atoms with van der Waals surface area (Å²) in [5.41, 5.74) is 2.17. The van der Waals surface area contributed by atoms with Gasteiger partial charge in [0.1, 0.15) is 5.38 Å². The number of carbonyl (C=O) groups excluding carboxylic acids is 1. The Balaban J connectivity index is 1.98. The van der Waals surface area contributed by atoms with Crippen molar-refractivity contribution in [2.75, 3.05) is 13.1 Å². The molecule has 0 bridgehead atoms. The van der Waals surface area contributed by atoms with Crippen LogP contribution in [0.4, 0.5) is 0 Å². The molecule has 0 saturated carbocycles. The average Bonchev–Trinajstić information content (AvgIpc) is 2.43. The molecule has 1 aromatic rings. The first-order valence-corrected chi connectivity index (χ1v) is 5.88. The van der Waals surface area contributed by atoms with Crippen molar-refractivity contribution in [1.82, 2.24) is 14.7 Å². The topological polar surface area (TPSA) is 38.1 Å². The lowest BCUT2D eigenvalue weighted by molar-refractivity contribution is -0.136. The van der Waals surface area contributed by atoms with E-state index in [1.165, 1.54) is 0 Å². The highest BCUT2D eigenvalue weighted by Crippen LogP contribution is 2.23. The lowest BCUT2D eigenvalue weighted by Crippen LogP contribution is -2.53. The average molecular weight is 242 g/mol. The molecule has 0 N–H and O–H groups in total. The summed E-state index contributed by atoms with van der Waals surface area (Å²) in [4.78, 5) is 13.3. The minimum Gasteiger partial charge on any atom is -0.337 e. The monoisotopic (exact) mass is 241 g/mol. The zero-order chi connectivity index (χ0) is 11.9. The third-order valence-electron chi connectivity index (χ3n) is 2.90. The smallest absolute Gasteiger partial charge is 0.240 e. The van der Waals surface area contributed by atoms with Gasteiger partial charge >= 0.3 is 0 Å². The van der Waals surface area contributed by atoms with Gasteiger partial charge in [0.15, 0.2) is 0 Å². The minimum atomic E-state index is -0.429. The quantitative estimate of drug-likeness (QED) is 0.737. The van der Waals surface area contributed by atoms with Crippen molar-refractivity contribution in [2.24, 2.45) is 0 Å². The highest BCUT2D eigenvalue weighted by molar-refractivity contribution is 6.30. The molecule has 0 spiro atoms. The predicted octanol–water partition coefficient (Wildman–Crippen LogP) is 1.51. The summed E-state index contributed by atoms with van der Waals surface area (Å²) in [5.74, 6) is 0.0134. The molecule has 2 heterocycles. The van der Waals surface area contributed by atoms with Gasteiger partial charge in [-0.2, -0.15) is 5.10 Å².